The Morgan fingerprint density at radius 1 is 1.23 bits per heavy atom. The van der Waals surface area contributed by atoms with Crippen LogP contribution in [-0.2, 0) is 16.4 Å². The van der Waals surface area contributed by atoms with E-state index in [9.17, 15) is 8.42 Å². The van der Waals surface area contributed by atoms with Crippen LogP contribution >= 0.6 is 23.2 Å². The van der Waals surface area contributed by atoms with E-state index >= 15 is 0 Å². The van der Waals surface area contributed by atoms with Crippen molar-refractivity contribution in [3.8, 4) is 0 Å². The van der Waals surface area contributed by atoms with Crippen LogP contribution in [0.25, 0.3) is 11.0 Å². The molecular weight excluding hydrogens is 395 g/mol. The number of fused-ring (bicyclic) bond motifs is 1. The summed E-state index contributed by atoms with van der Waals surface area (Å²) < 4.78 is 27.0. The number of nitrogens with two attached hydrogens (primary N) is 1. The van der Waals surface area contributed by atoms with Crippen LogP contribution < -0.4 is 5.73 Å². The first kappa shape index (κ1) is 18.9. The zero-order chi connectivity index (χ0) is 19.1. The van der Waals surface area contributed by atoms with E-state index < -0.39 is 9.84 Å². The van der Waals surface area contributed by atoms with Crippen molar-refractivity contribution in [1.82, 2.24) is 14.5 Å². The number of hydrogen-bond donors (Lipinski definition) is 1. The average molecular weight is 413 g/mol. The standard InChI is InChI=1S/C17H18Cl2N4O2S/c1-10-11(2)22-17(20)15-16(10)23(9-21-15)6-3-7-26(24,25)14-5-4-12(18)8-13(14)19/h4-5,8-9H,3,6-7H2,1-2H3,(H2,20,22). The van der Waals surface area contributed by atoms with E-state index in [4.69, 9.17) is 28.9 Å². The summed E-state index contributed by atoms with van der Waals surface area (Å²) in [5.41, 5.74) is 9.27. The summed E-state index contributed by atoms with van der Waals surface area (Å²) in [5.74, 6) is 0.342. The average Bonchev–Trinajstić information content (AvgIpc) is 2.97. The van der Waals surface area contributed by atoms with Crippen molar-refractivity contribution >= 4 is 49.9 Å². The van der Waals surface area contributed by atoms with Crippen molar-refractivity contribution in [2.45, 2.75) is 31.7 Å². The molecule has 26 heavy (non-hydrogen) atoms. The van der Waals surface area contributed by atoms with Crippen LogP contribution in [-0.4, -0.2) is 28.7 Å². The van der Waals surface area contributed by atoms with Gasteiger partial charge in [0.05, 0.1) is 27.5 Å². The SMILES string of the molecule is Cc1nc(N)c2ncn(CCCS(=O)(=O)c3ccc(Cl)cc3Cl)c2c1C. The number of hydrogen-bond acceptors (Lipinski definition) is 5. The minimum Gasteiger partial charge on any atom is -0.382 e. The normalized spacial score (nSPS) is 12.0. The highest BCUT2D eigenvalue weighted by Gasteiger charge is 2.19. The maximum absolute atomic E-state index is 12.5. The number of pyridine rings is 1. The van der Waals surface area contributed by atoms with Gasteiger partial charge in [0.25, 0.3) is 0 Å². The van der Waals surface area contributed by atoms with E-state index in [1.807, 2.05) is 18.4 Å². The van der Waals surface area contributed by atoms with Crippen molar-refractivity contribution < 1.29 is 8.42 Å². The van der Waals surface area contributed by atoms with Crippen molar-refractivity contribution in [3.05, 3.63) is 45.8 Å². The lowest BCUT2D eigenvalue weighted by molar-refractivity contribution is 0.587. The predicted octanol–water partition coefficient (Wildman–Crippen LogP) is 3.80. The van der Waals surface area contributed by atoms with Gasteiger partial charge in [-0.1, -0.05) is 23.2 Å². The quantitative estimate of drug-likeness (QED) is 0.687. The molecule has 9 heteroatoms. The van der Waals surface area contributed by atoms with Crippen molar-refractivity contribution in [2.75, 3.05) is 11.5 Å². The van der Waals surface area contributed by atoms with E-state index in [1.165, 1.54) is 18.2 Å². The first-order valence-corrected chi connectivity index (χ1v) is 10.4. The summed E-state index contributed by atoms with van der Waals surface area (Å²) in [5, 5.41) is 0.534. The highest BCUT2D eigenvalue weighted by molar-refractivity contribution is 7.91. The Morgan fingerprint density at radius 3 is 2.65 bits per heavy atom. The molecule has 0 atom stereocenters. The molecule has 0 fully saturated rings. The number of rotatable bonds is 5. The Bertz CT molecular complexity index is 1090. The number of aryl methyl sites for hydroxylation is 3. The van der Waals surface area contributed by atoms with Gasteiger partial charge in [-0.2, -0.15) is 0 Å². The van der Waals surface area contributed by atoms with Crippen LogP contribution in [0.5, 0.6) is 0 Å². The van der Waals surface area contributed by atoms with E-state index in [2.05, 4.69) is 9.97 Å². The van der Waals surface area contributed by atoms with Gasteiger partial charge in [-0.05, 0) is 44.0 Å². The number of benzene rings is 1. The molecule has 6 nitrogen and oxygen atoms in total. The molecule has 1 aromatic carbocycles. The highest BCUT2D eigenvalue weighted by atomic mass is 35.5. The van der Waals surface area contributed by atoms with E-state index in [0.29, 0.717) is 29.3 Å². The third kappa shape index (κ3) is 3.51. The van der Waals surface area contributed by atoms with E-state index in [-0.39, 0.29) is 15.7 Å². The molecule has 0 saturated heterocycles. The fraction of sp³-hybridized carbons (Fsp3) is 0.294. The lowest BCUT2D eigenvalue weighted by Crippen LogP contribution is -2.10. The molecule has 2 N–H and O–H groups in total. The van der Waals surface area contributed by atoms with E-state index in [1.54, 1.807) is 6.33 Å². The molecule has 0 spiro atoms. The molecule has 3 rings (SSSR count). The highest BCUT2D eigenvalue weighted by Crippen LogP contribution is 2.27. The Labute approximate surface area is 161 Å². The smallest absolute Gasteiger partial charge is 0.179 e. The minimum absolute atomic E-state index is 0.0351. The van der Waals surface area contributed by atoms with E-state index in [0.717, 1.165) is 16.8 Å². The fourth-order valence-corrected chi connectivity index (χ4v) is 5.01. The van der Waals surface area contributed by atoms with Gasteiger partial charge in [0.1, 0.15) is 5.52 Å². The van der Waals surface area contributed by atoms with Gasteiger partial charge >= 0.3 is 0 Å². The molecular formula is C17H18Cl2N4O2S. The van der Waals surface area contributed by atoms with Gasteiger partial charge in [0.2, 0.25) is 0 Å². The number of anilines is 1. The molecule has 0 unspecified atom stereocenters. The van der Waals surface area contributed by atoms with Crippen LogP contribution in [0.4, 0.5) is 5.82 Å². The summed E-state index contributed by atoms with van der Waals surface area (Å²) in [4.78, 5) is 8.68. The largest absolute Gasteiger partial charge is 0.382 e. The summed E-state index contributed by atoms with van der Waals surface area (Å²) in [6.07, 6.45) is 2.07. The maximum Gasteiger partial charge on any atom is 0.179 e. The lowest BCUT2D eigenvalue weighted by Gasteiger charge is -2.10. The Morgan fingerprint density at radius 2 is 1.96 bits per heavy atom. The number of imidazole rings is 1. The summed E-state index contributed by atoms with van der Waals surface area (Å²) in [6.45, 7) is 4.33. The van der Waals surface area contributed by atoms with Gasteiger partial charge in [0, 0.05) is 17.3 Å². The first-order chi connectivity index (χ1) is 12.2. The molecule has 0 aliphatic rings. The van der Waals surface area contributed by atoms with Gasteiger partial charge in [-0.3, -0.25) is 0 Å². The van der Waals surface area contributed by atoms with Crippen LogP contribution in [0.1, 0.15) is 17.7 Å². The third-order valence-corrected chi connectivity index (χ3v) is 6.82. The number of nitrogen functional groups attached to an aromatic ring is 1. The molecule has 0 amide bonds. The molecule has 2 heterocycles. The Hall–Kier alpha value is -1.83. The van der Waals surface area contributed by atoms with Gasteiger partial charge in [0.15, 0.2) is 15.7 Å². The number of aromatic nitrogens is 3. The fourth-order valence-electron chi connectivity index (χ4n) is 2.88. The predicted molar refractivity (Wildman–Crippen MR) is 105 cm³/mol. The Balaban J connectivity index is 1.81. The monoisotopic (exact) mass is 412 g/mol. The van der Waals surface area contributed by atoms with Gasteiger partial charge < -0.3 is 10.3 Å². The molecule has 3 aromatic rings. The molecule has 138 valence electrons. The van der Waals surface area contributed by atoms with Crippen molar-refractivity contribution in [2.24, 2.45) is 0 Å². The second-order valence-corrected chi connectivity index (χ2v) is 9.01. The molecule has 0 bridgehead atoms. The summed E-state index contributed by atoms with van der Waals surface area (Å²) in [6, 6.07) is 4.39. The van der Waals surface area contributed by atoms with Gasteiger partial charge in [-0.15, -0.1) is 0 Å². The van der Waals surface area contributed by atoms with Crippen LogP contribution in [0.15, 0.2) is 29.4 Å². The number of nitrogens with zero attached hydrogens (tertiary/aromatic N) is 3. The lowest BCUT2D eigenvalue weighted by atomic mass is 10.2. The van der Waals surface area contributed by atoms with Crippen LogP contribution in [0, 0.1) is 13.8 Å². The molecule has 0 saturated carbocycles. The van der Waals surface area contributed by atoms with Crippen molar-refractivity contribution in [1.29, 1.82) is 0 Å². The molecule has 0 radical (unpaired) electrons. The maximum atomic E-state index is 12.5. The van der Waals surface area contributed by atoms with Crippen LogP contribution in [0.3, 0.4) is 0 Å². The number of halogens is 2. The summed E-state index contributed by atoms with van der Waals surface area (Å²) >= 11 is 11.9. The first-order valence-electron chi connectivity index (χ1n) is 7.96. The third-order valence-electron chi connectivity index (χ3n) is 4.31. The zero-order valence-electron chi connectivity index (χ0n) is 14.3. The number of sulfone groups is 1. The van der Waals surface area contributed by atoms with Crippen molar-refractivity contribution in [3.63, 3.8) is 0 Å². The molecule has 2 aromatic heterocycles. The topological polar surface area (TPSA) is 90.9 Å². The summed E-state index contributed by atoms with van der Waals surface area (Å²) in [7, 11) is -3.50. The zero-order valence-corrected chi connectivity index (χ0v) is 16.7. The second-order valence-electron chi connectivity index (χ2n) is 6.09. The Kier molecular flexibility index (Phi) is 5.14. The molecule has 0 aliphatic carbocycles. The minimum atomic E-state index is -3.50. The van der Waals surface area contributed by atoms with Gasteiger partial charge in [-0.25, -0.2) is 18.4 Å². The molecule has 0 aliphatic heterocycles. The second kappa shape index (κ2) is 7.06. The van der Waals surface area contributed by atoms with Crippen LogP contribution in [0.2, 0.25) is 10.0 Å².